The number of carbonyl (C=O) groups is 1. The van der Waals surface area contributed by atoms with Crippen molar-refractivity contribution in [3.63, 3.8) is 0 Å². The quantitative estimate of drug-likeness (QED) is 0.578. The molecule has 138 valence electrons. The number of amides is 1. The molecule has 4 aromatic rings. The summed E-state index contributed by atoms with van der Waals surface area (Å²) in [5.74, 6) is 1.23. The van der Waals surface area contributed by atoms with Gasteiger partial charge in [0.05, 0.1) is 5.56 Å². The summed E-state index contributed by atoms with van der Waals surface area (Å²) < 4.78 is 7.15. The Morgan fingerprint density at radius 3 is 2.79 bits per heavy atom. The van der Waals surface area contributed by atoms with E-state index >= 15 is 0 Å². The Balaban J connectivity index is 1.47. The van der Waals surface area contributed by atoms with E-state index in [-0.39, 0.29) is 11.9 Å². The van der Waals surface area contributed by atoms with E-state index in [1.165, 1.54) is 0 Å². The number of rotatable bonds is 5. The molecule has 3 heterocycles. The summed E-state index contributed by atoms with van der Waals surface area (Å²) in [6.07, 6.45) is 6.92. The van der Waals surface area contributed by atoms with Crippen LogP contribution in [0.1, 0.15) is 23.3 Å². The standard InChI is InChI=1S/C20H16N6O2/c27-19(23-14-8-9-14)16-11-26(12-22-16)18-15(7-4-10-21-18)20-24-17(25-28-20)13-5-2-1-3-6-13/h1-7,10-12,14H,8-9H2,(H,23,27). The first-order valence-electron chi connectivity index (χ1n) is 8.98. The molecule has 3 aromatic heterocycles. The third-order valence-electron chi connectivity index (χ3n) is 4.45. The van der Waals surface area contributed by atoms with E-state index in [0.717, 1.165) is 18.4 Å². The van der Waals surface area contributed by atoms with E-state index in [4.69, 9.17) is 4.52 Å². The Labute approximate surface area is 160 Å². The Morgan fingerprint density at radius 1 is 1.11 bits per heavy atom. The predicted molar refractivity (Wildman–Crippen MR) is 101 cm³/mol. The largest absolute Gasteiger partial charge is 0.348 e. The molecule has 1 N–H and O–H groups in total. The fraction of sp³-hybridized carbons (Fsp3) is 0.150. The summed E-state index contributed by atoms with van der Waals surface area (Å²) >= 11 is 0. The van der Waals surface area contributed by atoms with Crippen LogP contribution in [-0.2, 0) is 0 Å². The summed E-state index contributed by atoms with van der Waals surface area (Å²) in [5.41, 5.74) is 1.87. The molecule has 1 aliphatic rings. The molecule has 28 heavy (non-hydrogen) atoms. The second-order valence-corrected chi connectivity index (χ2v) is 6.58. The summed E-state index contributed by atoms with van der Waals surface area (Å²) in [6.45, 7) is 0. The fourth-order valence-electron chi connectivity index (χ4n) is 2.85. The van der Waals surface area contributed by atoms with E-state index in [2.05, 4.69) is 25.4 Å². The molecule has 1 amide bonds. The lowest BCUT2D eigenvalue weighted by Gasteiger charge is -2.04. The smallest absolute Gasteiger partial charge is 0.271 e. The van der Waals surface area contributed by atoms with Crippen molar-refractivity contribution in [1.29, 1.82) is 0 Å². The number of pyridine rings is 1. The SMILES string of the molecule is O=C(NC1CC1)c1cn(-c2ncccc2-c2nc(-c3ccccc3)no2)cn1. The minimum absolute atomic E-state index is 0.178. The lowest BCUT2D eigenvalue weighted by molar-refractivity contribution is 0.0946. The molecule has 1 saturated carbocycles. The lowest BCUT2D eigenvalue weighted by atomic mass is 10.2. The molecule has 1 aliphatic carbocycles. The highest BCUT2D eigenvalue weighted by atomic mass is 16.5. The molecule has 0 saturated heterocycles. The van der Waals surface area contributed by atoms with Crippen molar-refractivity contribution in [1.82, 2.24) is 30.0 Å². The molecule has 0 bridgehead atoms. The van der Waals surface area contributed by atoms with Gasteiger partial charge in [-0.05, 0) is 25.0 Å². The first-order valence-corrected chi connectivity index (χ1v) is 8.98. The van der Waals surface area contributed by atoms with E-state index < -0.39 is 0 Å². The van der Waals surface area contributed by atoms with Gasteiger partial charge in [-0.3, -0.25) is 9.36 Å². The highest BCUT2D eigenvalue weighted by Gasteiger charge is 2.25. The molecule has 0 spiro atoms. The van der Waals surface area contributed by atoms with Crippen molar-refractivity contribution >= 4 is 5.91 Å². The molecule has 1 aromatic carbocycles. The van der Waals surface area contributed by atoms with E-state index in [9.17, 15) is 4.79 Å². The number of benzene rings is 1. The molecule has 5 rings (SSSR count). The van der Waals surface area contributed by atoms with Crippen LogP contribution in [0.15, 0.2) is 65.7 Å². The fourth-order valence-corrected chi connectivity index (χ4v) is 2.85. The van der Waals surface area contributed by atoms with Crippen molar-refractivity contribution in [2.75, 3.05) is 0 Å². The van der Waals surface area contributed by atoms with Crippen LogP contribution in [0.2, 0.25) is 0 Å². The molecule has 8 heteroatoms. The lowest BCUT2D eigenvalue weighted by Crippen LogP contribution is -2.25. The maximum absolute atomic E-state index is 12.2. The second kappa shape index (κ2) is 6.73. The Bertz CT molecular complexity index is 1130. The van der Waals surface area contributed by atoms with Gasteiger partial charge in [-0.25, -0.2) is 9.97 Å². The van der Waals surface area contributed by atoms with Crippen LogP contribution in [0.4, 0.5) is 0 Å². The maximum atomic E-state index is 12.2. The van der Waals surface area contributed by atoms with Crippen molar-refractivity contribution in [2.45, 2.75) is 18.9 Å². The first-order chi connectivity index (χ1) is 13.8. The maximum Gasteiger partial charge on any atom is 0.271 e. The molecule has 1 fully saturated rings. The number of nitrogens with one attached hydrogen (secondary N) is 1. The van der Waals surface area contributed by atoms with Crippen molar-refractivity contribution in [3.05, 3.63) is 66.9 Å². The van der Waals surface area contributed by atoms with Gasteiger partial charge in [-0.15, -0.1) is 0 Å². The third kappa shape index (κ3) is 3.16. The van der Waals surface area contributed by atoms with Crippen molar-refractivity contribution < 1.29 is 9.32 Å². The van der Waals surface area contributed by atoms with Gasteiger partial charge in [-0.2, -0.15) is 4.98 Å². The van der Waals surface area contributed by atoms with Crippen LogP contribution in [0.25, 0.3) is 28.7 Å². The zero-order chi connectivity index (χ0) is 18.9. The van der Waals surface area contributed by atoms with Gasteiger partial charge in [0.25, 0.3) is 11.8 Å². The summed E-state index contributed by atoms with van der Waals surface area (Å²) in [4.78, 5) is 25.3. The van der Waals surface area contributed by atoms with Crippen molar-refractivity contribution in [2.24, 2.45) is 0 Å². The van der Waals surface area contributed by atoms with Gasteiger partial charge in [-0.1, -0.05) is 35.5 Å². The molecule has 0 atom stereocenters. The highest BCUT2D eigenvalue weighted by Crippen LogP contribution is 2.26. The predicted octanol–water partition coefficient (Wildman–Crippen LogP) is 2.88. The van der Waals surface area contributed by atoms with Gasteiger partial charge < -0.3 is 9.84 Å². The number of imidazole rings is 1. The zero-order valence-corrected chi connectivity index (χ0v) is 14.8. The molecular formula is C20H16N6O2. The van der Waals surface area contributed by atoms with Crippen LogP contribution in [0.3, 0.4) is 0 Å². The monoisotopic (exact) mass is 372 g/mol. The minimum Gasteiger partial charge on any atom is -0.348 e. The van der Waals surface area contributed by atoms with E-state index in [0.29, 0.717) is 28.8 Å². The van der Waals surface area contributed by atoms with Crippen LogP contribution in [-0.4, -0.2) is 36.6 Å². The number of nitrogens with zero attached hydrogens (tertiary/aromatic N) is 5. The van der Waals surface area contributed by atoms with E-state index in [1.54, 1.807) is 29.4 Å². The third-order valence-corrected chi connectivity index (χ3v) is 4.45. The highest BCUT2D eigenvalue weighted by molar-refractivity contribution is 5.92. The van der Waals surface area contributed by atoms with Gasteiger partial charge in [0, 0.05) is 24.0 Å². The van der Waals surface area contributed by atoms with Crippen LogP contribution < -0.4 is 5.32 Å². The summed E-state index contributed by atoms with van der Waals surface area (Å²) in [5, 5.41) is 6.99. The normalized spacial score (nSPS) is 13.4. The number of hydrogen-bond acceptors (Lipinski definition) is 6. The second-order valence-electron chi connectivity index (χ2n) is 6.58. The molecule has 0 aliphatic heterocycles. The summed E-state index contributed by atoms with van der Waals surface area (Å²) in [7, 11) is 0. The molecular weight excluding hydrogens is 356 g/mol. The number of hydrogen-bond donors (Lipinski definition) is 1. The molecule has 8 nitrogen and oxygen atoms in total. The van der Waals surface area contributed by atoms with Gasteiger partial charge in [0.1, 0.15) is 12.0 Å². The average molecular weight is 372 g/mol. The van der Waals surface area contributed by atoms with Gasteiger partial charge in [0.2, 0.25) is 5.82 Å². The Hall–Kier alpha value is -3.81. The topological polar surface area (TPSA) is 98.7 Å². The molecule has 0 unspecified atom stereocenters. The zero-order valence-electron chi connectivity index (χ0n) is 14.8. The van der Waals surface area contributed by atoms with Crippen LogP contribution >= 0.6 is 0 Å². The average Bonchev–Trinajstić information content (AvgIpc) is 3.23. The minimum atomic E-state index is -0.178. The van der Waals surface area contributed by atoms with Crippen molar-refractivity contribution in [3.8, 4) is 28.7 Å². The molecule has 0 radical (unpaired) electrons. The van der Waals surface area contributed by atoms with Crippen LogP contribution in [0.5, 0.6) is 0 Å². The van der Waals surface area contributed by atoms with Gasteiger partial charge in [0.15, 0.2) is 5.82 Å². The Kier molecular flexibility index (Phi) is 3.93. The summed E-state index contributed by atoms with van der Waals surface area (Å²) in [6, 6.07) is 13.5. The van der Waals surface area contributed by atoms with Crippen LogP contribution in [0, 0.1) is 0 Å². The van der Waals surface area contributed by atoms with Gasteiger partial charge >= 0.3 is 0 Å². The number of carbonyl (C=O) groups excluding carboxylic acids is 1. The first kappa shape index (κ1) is 16.4. The Morgan fingerprint density at radius 2 is 1.96 bits per heavy atom. The van der Waals surface area contributed by atoms with E-state index in [1.807, 2.05) is 36.4 Å². The number of aromatic nitrogens is 5.